The molecule has 1 fully saturated rings. The largest absolute Gasteiger partial charge is 0.371 e. The predicted molar refractivity (Wildman–Crippen MR) is 90.2 cm³/mol. The third kappa shape index (κ3) is 3.30. The highest BCUT2D eigenvalue weighted by molar-refractivity contribution is 6.31. The van der Waals surface area contributed by atoms with Gasteiger partial charge in [-0.3, -0.25) is 4.98 Å². The molecule has 1 aromatic carbocycles. The van der Waals surface area contributed by atoms with Gasteiger partial charge in [-0.15, -0.1) is 0 Å². The molecule has 1 aliphatic rings. The van der Waals surface area contributed by atoms with E-state index >= 15 is 0 Å². The van der Waals surface area contributed by atoms with E-state index < -0.39 is 0 Å². The van der Waals surface area contributed by atoms with Gasteiger partial charge < -0.3 is 10.2 Å². The van der Waals surface area contributed by atoms with Crippen molar-refractivity contribution in [3.63, 3.8) is 0 Å². The lowest BCUT2D eigenvalue weighted by Crippen LogP contribution is -2.37. The Hall–Kier alpha value is -1.32. The van der Waals surface area contributed by atoms with Gasteiger partial charge in [0, 0.05) is 35.4 Å². The van der Waals surface area contributed by atoms with E-state index in [0.717, 1.165) is 42.6 Å². The molecule has 1 aliphatic heterocycles. The van der Waals surface area contributed by atoms with Crippen LogP contribution in [0.15, 0.2) is 30.5 Å². The summed E-state index contributed by atoms with van der Waals surface area (Å²) in [5, 5.41) is 5.41. The normalized spacial score (nSPS) is 16.6. The van der Waals surface area contributed by atoms with Crippen molar-refractivity contribution in [3.8, 4) is 0 Å². The molecule has 2 aromatic rings. The van der Waals surface area contributed by atoms with Gasteiger partial charge in [-0.05, 0) is 56.1 Å². The topological polar surface area (TPSA) is 28.2 Å². The Morgan fingerprint density at radius 2 is 2.10 bits per heavy atom. The first kappa shape index (κ1) is 14.6. The van der Waals surface area contributed by atoms with Gasteiger partial charge in [-0.25, -0.2) is 0 Å². The zero-order valence-electron chi connectivity index (χ0n) is 12.5. The Balaban J connectivity index is 1.76. The molecule has 1 saturated heterocycles. The van der Waals surface area contributed by atoms with E-state index in [-0.39, 0.29) is 0 Å². The highest BCUT2D eigenvalue weighted by Crippen LogP contribution is 2.30. The number of anilines is 1. The van der Waals surface area contributed by atoms with E-state index in [0.29, 0.717) is 0 Å². The van der Waals surface area contributed by atoms with Gasteiger partial charge >= 0.3 is 0 Å². The minimum absolute atomic E-state index is 0.747. The van der Waals surface area contributed by atoms with Crippen LogP contribution < -0.4 is 10.2 Å². The van der Waals surface area contributed by atoms with Crippen molar-refractivity contribution >= 4 is 28.2 Å². The van der Waals surface area contributed by atoms with Crippen LogP contribution in [0.4, 0.5) is 5.69 Å². The Morgan fingerprint density at radius 1 is 1.29 bits per heavy atom. The van der Waals surface area contributed by atoms with Crippen molar-refractivity contribution < 1.29 is 0 Å². The molecular weight excluding hydrogens is 282 g/mol. The second kappa shape index (κ2) is 6.63. The van der Waals surface area contributed by atoms with Crippen LogP contribution in [0, 0.1) is 5.92 Å². The summed E-state index contributed by atoms with van der Waals surface area (Å²) in [6.07, 6.45) is 4.40. The summed E-state index contributed by atoms with van der Waals surface area (Å²) in [7, 11) is 0. The number of pyridine rings is 1. The molecule has 0 radical (unpaired) electrons. The summed E-state index contributed by atoms with van der Waals surface area (Å²) in [6, 6.07) is 8.11. The number of hydrogen-bond acceptors (Lipinski definition) is 3. The molecular formula is C17H22ClN3. The van der Waals surface area contributed by atoms with Crippen LogP contribution in [-0.4, -0.2) is 31.2 Å². The van der Waals surface area contributed by atoms with Crippen LogP contribution in [0.5, 0.6) is 0 Å². The van der Waals surface area contributed by atoms with Crippen LogP contribution in [0.25, 0.3) is 10.9 Å². The van der Waals surface area contributed by atoms with Crippen molar-refractivity contribution in [2.75, 3.05) is 31.1 Å². The van der Waals surface area contributed by atoms with Crippen molar-refractivity contribution in [2.45, 2.75) is 19.8 Å². The summed E-state index contributed by atoms with van der Waals surface area (Å²) >= 11 is 6.06. The molecule has 0 amide bonds. The molecule has 4 heteroatoms. The highest BCUT2D eigenvalue weighted by Gasteiger charge is 2.20. The van der Waals surface area contributed by atoms with Crippen LogP contribution in [0.3, 0.4) is 0 Å². The first-order valence-corrected chi connectivity index (χ1v) is 8.15. The molecule has 1 aromatic heterocycles. The van der Waals surface area contributed by atoms with Crippen LogP contribution in [-0.2, 0) is 0 Å². The third-order valence-electron chi connectivity index (χ3n) is 4.32. The number of nitrogens with zero attached hydrogens (tertiary/aromatic N) is 2. The van der Waals surface area contributed by atoms with Crippen LogP contribution in [0.1, 0.15) is 19.8 Å². The number of nitrogens with one attached hydrogen (secondary N) is 1. The van der Waals surface area contributed by atoms with Gasteiger partial charge in [0.15, 0.2) is 0 Å². The first-order chi connectivity index (χ1) is 10.3. The van der Waals surface area contributed by atoms with E-state index in [1.54, 1.807) is 0 Å². The van der Waals surface area contributed by atoms with Crippen LogP contribution >= 0.6 is 11.6 Å². The predicted octanol–water partition coefficient (Wildman–Crippen LogP) is 3.71. The van der Waals surface area contributed by atoms with Crippen molar-refractivity contribution in [1.82, 2.24) is 10.3 Å². The monoisotopic (exact) mass is 303 g/mol. The minimum Gasteiger partial charge on any atom is -0.371 e. The lowest BCUT2D eigenvalue weighted by molar-refractivity contribution is 0.387. The molecule has 0 spiro atoms. The molecule has 1 N–H and O–H groups in total. The SMILES string of the molecule is CCNCC1CCN(c2ccnc3cc(Cl)ccc23)CC1. The van der Waals surface area contributed by atoms with Gasteiger partial charge in [0.05, 0.1) is 5.52 Å². The third-order valence-corrected chi connectivity index (χ3v) is 4.56. The zero-order chi connectivity index (χ0) is 14.7. The van der Waals surface area contributed by atoms with Crippen LogP contribution in [0.2, 0.25) is 5.02 Å². The molecule has 0 saturated carbocycles. The molecule has 3 rings (SSSR count). The minimum atomic E-state index is 0.747. The van der Waals surface area contributed by atoms with E-state index in [9.17, 15) is 0 Å². The highest BCUT2D eigenvalue weighted by atomic mass is 35.5. The smallest absolute Gasteiger partial charge is 0.0737 e. The Kier molecular flexibility index (Phi) is 4.61. The summed E-state index contributed by atoms with van der Waals surface area (Å²) < 4.78 is 0. The van der Waals surface area contributed by atoms with Gasteiger partial charge in [-0.1, -0.05) is 18.5 Å². The Labute approximate surface area is 131 Å². The molecule has 0 atom stereocenters. The van der Waals surface area contributed by atoms with Crippen molar-refractivity contribution in [1.29, 1.82) is 0 Å². The van der Waals surface area contributed by atoms with Gasteiger partial charge in [0.2, 0.25) is 0 Å². The summed E-state index contributed by atoms with van der Waals surface area (Å²) in [4.78, 5) is 6.92. The van der Waals surface area contributed by atoms with Gasteiger partial charge in [-0.2, -0.15) is 0 Å². The van der Waals surface area contributed by atoms with Gasteiger partial charge in [0.1, 0.15) is 0 Å². The van der Waals surface area contributed by atoms with E-state index in [4.69, 9.17) is 11.6 Å². The maximum absolute atomic E-state index is 6.06. The summed E-state index contributed by atoms with van der Waals surface area (Å²) in [5.74, 6) is 0.809. The summed E-state index contributed by atoms with van der Waals surface area (Å²) in [5.41, 5.74) is 2.27. The van der Waals surface area contributed by atoms with Gasteiger partial charge in [0.25, 0.3) is 0 Å². The quantitative estimate of drug-likeness (QED) is 0.933. The zero-order valence-corrected chi connectivity index (χ0v) is 13.2. The molecule has 3 nitrogen and oxygen atoms in total. The fourth-order valence-electron chi connectivity index (χ4n) is 3.11. The lowest BCUT2D eigenvalue weighted by Gasteiger charge is -2.34. The second-order valence-electron chi connectivity index (χ2n) is 5.73. The molecule has 0 aliphatic carbocycles. The number of hydrogen-bond donors (Lipinski definition) is 1. The maximum atomic E-state index is 6.06. The standard InChI is InChI=1S/C17H22ClN3/c1-2-19-12-13-6-9-21(10-7-13)17-5-8-20-16-11-14(18)3-4-15(16)17/h3-5,8,11,13,19H,2,6-7,9-10,12H2,1H3. The fourth-order valence-corrected chi connectivity index (χ4v) is 3.27. The van der Waals surface area contributed by atoms with E-state index in [1.807, 2.05) is 18.3 Å². The van der Waals surface area contributed by atoms with E-state index in [1.165, 1.54) is 23.9 Å². The average molecular weight is 304 g/mol. The summed E-state index contributed by atoms with van der Waals surface area (Å²) in [6.45, 7) is 6.63. The maximum Gasteiger partial charge on any atom is 0.0737 e. The number of benzene rings is 1. The van der Waals surface area contributed by atoms with Crippen molar-refractivity contribution in [2.24, 2.45) is 5.92 Å². The van der Waals surface area contributed by atoms with Crippen molar-refractivity contribution in [3.05, 3.63) is 35.5 Å². The number of halogens is 1. The molecule has 0 unspecified atom stereocenters. The Bertz CT molecular complexity index is 606. The second-order valence-corrected chi connectivity index (χ2v) is 6.17. The average Bonchev–Trinajstić information content (AvgIpc) is 2.52. The number of fused-ring (bicyclic) bond motifs is 1. The fraction of sp³-hybridized carbons (Fsp3) is 0.471. The lowest BCUT2D eigenvalue weighted by atomic mass is 9.96. The number of aromatic nitrogens is 1. The Morgan fingerprint density at radius 3 is 2.86 bits per heavy atom. The molecule has 0 bridgehead atoms. The molecule has 2 heterocycles. The number of rotatable bonds is 4. The molecule has 21 heavy (non-hydrogen) atoms. The molecule has 112 valence electrons. The number of piperidine rings is 1. The first-order valence-electron chi connectivity index (χ1n) is 7.78. The van der Waals surface area contributed by atoms with E-state index in [2.05, 4.69) is 34.3 Å².